The van der Waals surface area contributed by atoms with E-state index in [1.807, 2.05) is 18.2 Å². The number of carbonyl (C=O) groups is 2. The van der Waals surface area contributed by atoms with Gasteiger partial charge in [0.2, 0.25) is 12.7 Å². The fourth-order valence-electron chi connectivity index (χ4n) is 4.37. The largest absolute Gasteiger partial charge is 0.454 e. The van der Waals surface area contributed by atoms with Crippen molar-refractivity contribution in [2.24, 2.45) is 0 Å². The highest BCUT2D eigenvalue weighted by Crippen LogP contribution is 2.33. The molecule has 0 aromatic heterocycles. The molecular formula is C22H21Cl2N3O4. The standard InChI is InChI=1S/C22H21Cl2N3O4/c23-15-8-16(24)10-17(9-15)27-21(28)11-18(22(27)29)26-5-3-25(4-6-26)12-14-1-2-19-20(7-14)31-13-30-19/h1-2,7-10,18H,3-6,11-13H2/t18-/m1/s1. The summed E-state index contributed by atoms with van der Waals surface area (Å²) in [5.74, 6) is 1.12. The van der Waals surface area contributed by atoms with Crippen molar-refractivity contribution >= 4 is 40.7 Å². The molecule has 0 aliphatic carbocycles. The molecule has 0 saturated carbocycles. The highest BCUT2D eigenvalue weighted by molar-refractivity contribution is 6.35. The van der Waals surface area contributed by atoms with Gasteiger partial charge >= 0.3 is 0 Å². The fourth-order valence-corrected chi connectivity index (χ4v) is 4.89. The van der Waals surface area contributed by atoms with Gasteiger partial charge in [0.05, 0.1) is 18.2 Å². The van der Waals surface area contributed by atoms with Crippen LogP contribution >= 0.6 is 23.2 Å². The van der Waals surface area contributed by atoms with Crippen molar-refractivity contribution in [3.8, 4) is 11.5 Å². The van der Waals surface area contributed by atoms with Crippen molar-refractivity contribution in [1.29, 1.82) is 0 Å². The third kappa shape index (κ3) is 4.11. The smallest absolute Gasteiger partial charge is 0.251 e. The topological polar surface area (TPSA) is 62.3 Å². The lowest BCUT2D eigenvalue weighted by molar-refractivity contribution is -0.123. The van der Waals surface area contributed by atoms with Crippen LogP contribution in [0.2, 0.25) is 10.0 Å². The Bertz CT molecular complexity index is 1020. The average Bonchev–Trinajstić information content (AvgIpc) is 3.31. The lowest BCUT2D eigenvalue weighted by atomic mass is 10.1. The van der Waals surface area contributed by atoms with Crippen LogP contribution in [-0.2, 0) is 16.1 Å². The maximum absolute atomic E-state index is 13.1. The van der Waals surface area contributed by atoms with Crippen LogP contribution in [0.1, 0.15) is 12.0 Å². The van der Waals surface area contributed by atoms with Crippen molar-refractivity contribution < 1.29 is 19.1 Å². The Labute approximate surface area is 190 Å². The van der Waals surface area contributed by atoms with Gasteiger partial charge in [0.25, 0.3) is 5.91 Å². The second kappa shape index (κ2) is 8.31. The molecule has 3 heterocycles. The first-order valence-electron chi connectivity index (χ1n) is 10.2. The molecule has 3 aliphatic rings. The first-order chi connectivity index (χ1) is 15.0. The average molecular weight is 462 g/mol. The number of ether oxygens (including phenoxy) is 2. The number of amides is 2. The summed E-state index contributed by atoms with van der Waals surface area (Å²) in [4.78, 5) is 31.3. The molecule has 0 N–H and O–H groups in total. The maximum atomic E-state index is 13.1. The van der Waals surface area contributed by atoms with Crippen LogP contribution < -0.4 is 14.4 Å². The van der Waals surface area contributed by atoms with Gasteiger partial charge in [-0.1, -0.05) is 29.3 Å². The van der Waals surface area contributed by atoms with Crippen molar-refractivity contribution in [2.75, 3.05) is 37.9 Å². The van der Waals surface area contributed by atoms with Crippen molar-refractivity contribution in [2.45, 2.75) is 19.0 Å². The van der Waals surface area contributed by atoms with Crippen LogP contribution in [-0.4, -0.2) is 60.6 Å². The number of nitrogens with zero attached hydrogens (tertiary/aromatic N) is 3. The van der Waals surface area contributed by atoms with Gasteiger partial charge in [-0.2, -0.15) is 0 Å². The third-order valence-corrected chi connectivity index (χ3v) is 6.36. The third-order valence-electron chi connectivity index (χ3n) is 5.92. The Morgan fingerprint density at radius 3 is 2.35 bits per heavy atom. The van der Waals surface area contributed by atoms with Crippen LogP contribution in [0.3, 0.4) is 0 Å². The zero-order chi connectivity index (χ0) is 21.5. The minimum Gasteiger partial charge on any atom is -0.454 e. The second-order valence-electron chi connectivity index (χ2n) is 7.91. The van der Waals surface area contributed by atoms with E-state index in [1.165, 1.54) is 4.90 Å². The van der Waals surface area contributed by atoms with E-state index >= 15 is 0 Å². The summed E-state index contributed by atoms with van der Waals surface area (Å²) in [5, 5.41) is 0.785. The summed E-state index contributed by atoms with van der Waals surface area (Å²) in [5.41, 5.74) is 1.59. The summed E-state index contributed by atoms with van der Waals surface area (Å²) in [6.45, 7) is 4.14. The normalized spacial score (nSPS) is 21.9. The molecule has 5 rings (SSSR count). The quantitative estimate of drug-likeness (QED) is 0.651. The van der Waals surface area contributed by atoms with Gasteiger partial charge in [0, 0.05) is 42.8 Å². The molecule has 2 fully saturated rings. The number of hydrogen-bond acceptors (Lipinski definition) is 6. The Kier molecular flexibility index (Phi) is 5.52. The molecule has 3 aliphatic heterocycles. The zero-order valence-corrected chi connectivity index (χ0v) is 18.2. The predicted molar refractivity (Wildman–Crippen MR) is 117 cm³/mol. The van der Waals surface area contributed by atoms with Gasteiger partial charge in [-0.3, -0.25) is 19.4 Å². The molecule has 2 saturated heterocycles. The molecule has 0 bridgehead atoms. The number of rotatable bonds is 4. The lowest BCUT2D eigenvalue weighted by Gasteiger charge is -2.37. The highest BCUT2D eigenvalue weighted by atomic mass is 35.5. The van der Waals surface area contributed by atoms with E-state index in [0.717, 1.165) is 49.8 Å². The minimum atomic E-state index is -0.446. The molecule has 2 amide bonds. The van der Waals surface area contributed by atoms with E-state index in [4.69, 9.17) is 32.7 Å². The van der Waals surface area contributed by atoms with E-state index in [1.54, 1.807) is 18.2 Å². The van der Waals surface area contributed by atoms with Crippen molar-refractivity contribution in [1.82, 2.24) is 9.80 Å². The summed E-state index contributed by atoms with van der Waals surface area (Å²) < 4.78 is 10.8. The molecule has 7 nitrogen and oxygen atoms in total. The predicted octanol–water partition coefficient (Wildman–Crippen LogP) is 3.17. The lowest BCUT2D eigenvalue weighted by Crippen LogP contribution is -2.52. The van der Waals surface area contributed by atoms with Gasteiger partial charge < -0.3 is 9.47 Å². The molecule has 31 heavy (non-hydrogen) atoms. The Morgan fingerprint density at radius 1 is 0.903 bits per heavy atom. The van der Waals surface area contributed by atoms with E-state index in [9.17, 15) is 9.59 Å². The zero-order valence-electron chi connectivity index (χ0n) is 16.7. The van der Waals surface area contributed by atoms with Gasteiger partial charge in [0.15, 0.2) is 11.5 Å². The SMILES string of the molecule is O=C1C[C@@H](N2CCN(Cc3ccc4c(c3)OCO4)CC2)C(=O)N1c1cc(Cl)cc(Cl)c1. The van der Waals surface area contributed by atoms with E-state index in [2.05, 4.69) is 9.80 Å². The van der Waals surface area contributed by atoms with Crippen LogP contribution in [0.15, 0.2) is 36.4 Å². The second-order valence-corrected chi connectivity index (χ2v) is 8.79. The minimum absolute atomic E-state index is 0.172. The molecule has 2 aromatic rings. The number of hydrogen-bond donors (Lipinski definition) is 0. The summed E-state index contributed by atoms with van der Waals surface area (Å²) in [6.07, 6.45) is 0.172. The molecule has 9 heteroatoms. The molecule has 2 aromatic carbocycles. The number of anilines is 1. The van der Waals surface area contributed by atoms with Crippen LogP contribution in [0.4, 0.5) is 5.69 Å². The fraction of sp³-hybridized carbons (Fsp3) is 0.364. The summed E-state index contributed by atoms with van der Waals surface area (Å²) in [6, 6.07) is 10.3. The maximum Gasteiger partial charge on any atom is 0.251 e. The highest BCUT2D eigenvalue weighted by Gasteiger charge is 2.43. The monoisotopic (exact) mass is 461 g/mol. The van der Waals surface area contributed by atoms with Crippen LogP contribution in [0, 0.1) is 0 Å². The molecule has 1 atom stereocenters. The van der Waals surface area contributed by atoms with Gasteiger partial charge in [-0.05, 0) is 35.9 Å². The number of fused-ring (bicyclic) bond motifs is 1. The first kappa shape index (κ1) is 20.6. The van der Waals surface area contributed by atoms with Crippen LogP contribution in [0.5, 0.6) is 11.5 Å². The van der Waals surface area contributed by atoms with Gasteiger partial charge in [0.1, 0.15) is 0 Å². The molecular weight excluding hydrogens is 441 g/mol. The van der Waals surface area contributed by atoms with Gasteiger partial charge in [-0.25, -0.2) is 4.90 Å². The van der Waals surface area contributed by atoms with E-state index in [0.29, 0.717) is 15.7 Å². The van der Waals surface area contributed by atoms with Gasteiger partial charge in [-0.15, -0.1) is 0 Å². The van der Waals surface area contributed by atoms with Crippen molar-refractivity contribution in [3.05, 3.63) is 52.0 Å². The molecule has 0 unspecified atom stereocenters. The number of benzene rings is 2. The molecule has 162 valence electrons. The Morgan fingerprint density at radius 2 is 1.61 bits per heavy atom. The summed E-state index contributed by atoms with van der Waals surface area (Å²) in [7, 11) is 0. The molecule has 0 spiro atoms. The molecule has 0 radical (unpaired) electrons. The number of imide groups is 1. The Balaban J connectivity index is 1.21. The van der Waals surface area contributed by atoms with E-state index in [-0.39, 0.29) is 25.0 Å². The number of piperazine rings is 1. The summed E-state index contributed by atoms with van der Waals surface area (Å²) >= 11 is 12.1. The van der Waals surface area contributed by atoms with Crippen molar-refractivity contribution in [3.63, 3.8) is 0 Å². The number of halogens is 2. The van der Waals surface area contributed by atoms with E-state index < -0.39 is 6.04 Å². The first-order valence-corrected chi connectivity index (χ1v) is 10.9. The number of carbonyl (C=O) groups excluding carboxylic acids is 2. The van der Waals surface area contributed by atoms with Crippen LogP contribution in [0.25, 0.3) is 0 Å². The Hall–Kier alpha value is -2.32.